The zero-order valence-electron chi connectivity index (χ0n) is 25.1. The van der Waals surface area contributed by atoms with Crippen LogP contribution in [-0.2, 0) is 30.5 Å². The van der Waals surface area contributed by atoms with Gasteiger partial charge in [0.1, 0.15) is 24.7 Å². The van der Waals surface area contributed by atoms with Gasteiger partial charge in [0.25, 0.3) is 5.91 Å². The number of aryl methyl sites for hydroxylation is 1. The molecule has 3 rings (SSSR count). The standard InChI is InChI=1S/C29H39Cl3N6O6/c1-17(2)25(35-24(40)10-12-37-15-22(14-33-37)21-8-5-7-20(13-21)19(4)39)26(41)34-18(3)27(42)38-11-6-9-23(36-38)28(43)44-16-29(30,31)32/h5,7-8,13-15,17-19,23,25,36,39H,6,9-12,16H2,1-4H3,(H,34,41)(H,35,40)/t18-,19+,23-,25?/m0/s1. The van der Waals surface area contributed by atoms with Crippen LogP contribution in [0.1, 0.15) is 58.6 Å². The van der Waals surface area contributed by atoms with Gasteiger partial charge in [-0.15, -0.1) is 0 Å². The van der Waals surface area contributed by atoms with E-state index in [1.807, 2.05) is 30.5 Å². The molecule has 4 atom stereocenters. The minimum atomic E-state index is -1.75. The molecule has 3 amide bonds. The lowest BCUT2D eigenvalue weighted by molar-refractivity contribution is -0.152. The molecule has 1 saturated heterocycles. The van der Waals surface area contributed by atoms with Crippen LogP contribution in [0.2, 0.25) is 0 Å². The monoisotopic (exact) mass is 672 g/mol. The normalized spacial score (nSPS) is 17.5. The molecular formula is C29H39Cl3N6O6. The van der Waals surface area contributed by atoms with Crippen LogP contribution in [0.5, 0.6) is 0 Å². The number of carbonyl (C=O) groups is 4. The highest BCUT2D eigenvalue weighted by Crippen LogP contribution is 2.26. The first-order valence-corrected chi connectivity index (χ1v) is 15.5. The number of nitrogens with zero attached hydrogens (tertiary/aromatic N) is 3. The predicted octanol–water partition coefficient (Wildman–Crippen LogP) is 3.05. The molecule has 0 spiro atoms. The molecule has 0 aliphatic carbocycles. The fraction of sp³-hybridized carbons (Fsp3) is 0.552. The maximum Gasteiger partial charge on any atom is 0.325 e. The summed E-state index contributed by atoms with van der Waals surface area (Å²) in [5.74, 6) is -2.24. The van der Waals surface area contributed by atoms with Crippen molar-refractivity contribution in [1.29, 1.82) is 0 Å². The van der Waals surface area contributed by atoms with E-state index in [2.05, 4.69) is 21.2 Å². The molecule has 1 aromatic carbocycles. The number of amides is 3. The van der Waals surface area contributed by atoms with E-state index in [0.29, 0.717) is 19.4 Å². The lowest BCUT2D eigenvalue weighted by atomic mass is 10.0. The minimum absolute atomic E-state index is 0.0767. The average Bonchev–Trinajstić information content (AvgIpc) is 3.46. The SMILES string of the molecule is CC(C)C(NC(=O)CCn1cc(-c2cccc([C@@H](C)O)c2)cn1)C(=O)N[C@@H](C)C(=O)N1CCC[C@@H](C(=O)OCC(Cl)(Cl)Cl)N1. The average molecular weight is 674 g/mol. The molecule has 1 unspecified atom stereocenters. The van der Waals surface area contributed by atoms with Crippen LogP contribution in [0.15, 0.2) is 36.7 Å². The smallest absolute Gasteiger partial charge is 0.325 e. The van der Waals surface area contributed by atoms with E-state index in [9.17, 15) is 24.3 Å². The van der Waals surface area contributed by atoms with Crippen LogP contribution >= 0.6 is 34.8 Å². The Morgan fingerprint density at radius 1 is 1.14 bits per heavy atom. The Bertz CT molecular complexity index is 1310. The number of aliphatic hydroxyl groups is 1. The van der Waals surface area contributed by atoms with E-state index < -0.39 is 52.4 Å². The lowest BCUT2D eigenvalue weighted by Crippen LogP contribution is -2.61. The van der Waals surface area contributed by atoms with Gasteiger partial charge in [-0.1, -0.05) is 66.8 Å². The quantitative estimate of drug-likeness (QED) is 0.198. The summed E-state index contributed by atoms with van der Waals surface area (Å²) in [6, 6.07) is 4.87. The van der Waals surface area contributed by atoms with Gasteiger partial charge in [0.05, 0.1) is 12.3 Å². The predicted molar refractivity (Wildman–Crippen MR) is 166 cm³/mol. The Hall–Kier alpha value is -2.90. The van der Waals surface area contributed by atoms with Crippen molar-refractivity contribution in [3.8, 4) is 11.1 Å². The van der Waals surface area contributed by atoms with E-state index in [-0.39, 0.29) is 24.8 Å². The zero-order chi connectivity index (χ0) is 32.6. The number of carbonyl (C=O) groups excluding carboxylic acids is 4. The van der Waals surface area contributed by atoms with Crippen molar-refractivity contribution in [3.63, 3.8) is 0 Å². The van der Waals surface area contributed by atoms with Crippen molar-refractivity contribution >= 4 is 58.5 Å². The molecule has 2 aromatic rings. The summed E-state index contributed by atoms with van der Waals surface area (Å²) >= 11 is 16.9. The van der Waals surface area contributed by atoms with Gasteiger partial charge in [0.15, 0.2) is 0 Å². The van der Waals surface area contributed by atoms with Crippen molar-refractivity contribution in [2.45, 2.75) is 81.5 Å². The molecule has 12 nitrogen and oxygen atoms in total. The van der Waals surface area contributed by atoms with E-state index in [4.69, 9.17) is 39.5 Å². The molecule has 1 fully saturated rings. The number of benzene rings is 1. The van der Waals surface area contributed by atoms with Gasteiger partial charge in [0, 0.05) is 31.3 Å². The van der Waals surface area contributed by atoms with Gasteiger partial charge in [-0.3, -0.25) is 28.9 Å². The van der Waals surface area contributed by atoms with E-state index in [0.717, 1.165) is 16.7 Å². The third-order valence-electron chi connectivity index (χ3n) is 7.01. The molecule has 0 saturated carbocycles. The van der Waals surface area contributed by atoms with Crippen molar-refractivity contribution in [1.82, 2.24) is 30.8 Å². The molecule has 4 N–H and O–H groups in total. The number of aliphatic hydroxyl groups excluding tert-OH is 1. The van der Waals surface area contributed by atoms with Crippen LogP contribution in [0.4, 0.5) is 0 Å². The van der Waals surface area contributed by atoms with Gasteiger partial charge in [-0.2, -0.15) is 5.10 Å². The largest absolute Gasteiger partial charge is 0.460 e. The topological polar surface area (TPSA) is 155 Å². The van der Waals surface area contributed by atoms with Gasteiger partial charge < -0.3 is 20.5 Å². The Morgan fingerprint density at radius 2 is 1.86 bits per heavy atom. The van der Waals surface area contributed by atoms with Gasteiger partial charge in [-0.05, 0) is 49.8 Å². The highest BCUT2D eigenvalue weighted by atomic mass is 35.6. The third-order valence-corrected chi connectivity index (χ3v) is 7.34. The number of hydrogen-bond acceptors (Lipinski definition) is 8. The van der Waals surface area contributed by atoms with Crippen LogP contribution in [0.25, 0.3) is 11.1 Å². The molecule has 2 heterocycles. The fourth-order valence-electron chi connectivity index (χ4n) is 4.58. The second-order valence-electron chi connectivity index (χ2n) is 11.1. The summed E-state index contributed by atoms with van der Waals surface area (Å²) in [5.41, 5.74) is 5.35. The van der Waals surface area contributed by atoms with Crippen LogP contribution in [0.3, 0.4) is 0 Å². The van der Waals surface area contributed by atoms with Gasteiger partial charge in [0.2, 0.25) is 15.6 Å². The number of esters is 1. The summed E-state index contributed by atoms with van der Waals surface area (Å²) in [6.45, 7) is 6.98. The Kier molecular flexibility index (Phi) is 12.9. The van der Waals surface area contributed by atoms with Crippen molar-refractivity contribution in [2.75, 3.05) is 13.2 Å². The number of hydrogen-bond donors (Lipinski definition) is 4. The summed E-state index contributed by atoms with van der Waals surface area (Å²) in [4.78, 5) is 51.3. The Labute approximate surface area is 271 Å². The zero-order valence-corrected chi connectivity index (χ0v) is 27.3. The highest BCUT2D eigenvalue weighted by molar-refractivity contribution is 6.67. The first-order valence-electron chi connectivity index (χ1n) is 14.4. The van der Waals surface area contributed by atoms with Crippen molar-refractivity contribution in [2.24, 2.45) is 5.92 Å². The summed E-state index contributed by atoms with van der Waals surface area (Å²) in [5, 5.41) is 20.9. The molecule has 1 aromatic heterocycles. The summed E-state index contributed by atoms with van der Waals surface area (Å²) in [6.07, 6.45) is 3.92. The Morgan fingerprint density at radius 3 is 2.52 bits per heavy atom. The molecular weight excluding hydrogens is 635 g/mol. The summed E-state index contributed by atoms with van der Waals surface area (Å²) < 4.78 is 4.90. The maximum absolute atomic E-state index is 13.1. The number of hydrazine groups is 1. The number of rotatable bonds is 12. The molecule has 1 aliphatic heterocycles. The van der Waals surface area contributed by atoms with Crippen molar-refractivity contribution in [3.05, 3.63) is 42.2 Å². The minimum Gasteiger partial charge on any atom is -0.460 e. The summed E-state index contributed by atoms with van der Waals surface area (Å²) in [7, 11) is 0. The van der Waals surface area contributed by atoms with E-state index >= 15 is 0 Å². The van der Waals surface area contributed by atoms with Gasteiger partial charge >= 0.3 is 5.97 Å². The van der Waals surface area contributed by atoms with Crippen molar-refractivity contribution < 1.29 is 29.0 Å². The maximum atomic E-state index is 13.1. The Balaban J connectivity index is 1.51. The second-order valence-corrected chi connectivity index (χ2v) is 13.6. The highest BCUT2D eigenvalue weighted by Gasteiger charge is 2.34. The number of aromatic nitrogens is 2. The molecule has 0 bridgehead atoms. The second kappa shape index (κ2) is 15.9. The number of nitrogens with one attached hydrogen (secondary N) is 3. The first kappa shape index (κ1) is 35.6. The fourth-order valence-corrected chi connectivity index (χ4v) is 4.74. The third kappa shape index (κ3) is 10.6. The molecule has 0 radical (unpaired) electrons. The number of ether oxygens (including phenoxy) is 1. The first-order chi connectivity index (χ1) is 20.6. The molecule has 15 heteroatoms. The molecule has 44 heavy (non-hydrogen) atoms. The number of halogens is 3. The van der Waals surface area contributed by atoms with E-state index in [1.165, 1.54) is 11.9 Å². The number of alkyl halides is 3. The molecule has 242 valence electrons. The van der Waals surface area contributed by atoms with Gasteiger partial charge in [-0.25, -0.2) is 5.43 Å². The lowest BCUT2D eigenvalue weighted by Gasteiger charge is -2.34. The van der Waals surface area contributed by atoms with E-state index in [1.54, 1.807) is 31.6 Å². The van der Waals surface area contributed by atoms with Crippen LogP contribution in [0, 0.1) is 5.92 Å². The van der Waals surface area contributed by atoms with Crippen LogP contribution in [-0.4, -0.2) is 78.7 Å². The molecule has 1 aliphatic rings. The van der Waals surface area contributed by atoms with Crippen LogP contribution < -0.4 is 16.1 Å².